The maximum Gasteiger partial charge on any atom is 0.335 e. The van der Waals surface area contributed by atoms with E-state index in [4.69, 9.17) is 0 Å². The molecule has 0 saturated carbocycles. The van der Waals surface area contributed by atoms with Gasteiger partial charge in [-0.05, 0) is 43.5 Å². The maximum absolute atomic E-state index is 12.5. The summed E-state index contributed by atoms with van der Waals surface area (Å²) in [6.45, 7) is 5.08. The van der Waals surface area contributed by atoms with Crippen LogP contribution in [-0.2, 0) is 24.2 Å². The van der Waals surface area contributed by atoms with Crippen molar-refractivity contribution >= 4 is 11.9 Å². The summed E-state index contributed by atoms with van der Waals surface area (Å²) in [4.78, 5) is 25.6. The molecule has 0 unspecified atom stereocenters. The highest BCUT2D eigenvalue weighted by molar-refractivity contribution is 5.90. The van der Waals surface area contributed by atoms with Crippen molar-refractivity contribution in [3.05, 3.63) is 52.8 Å². The van der Waals surface area contributed by atoms with E-state index in [1.165, 1.54) is 0 Å². The first-order chi connectivity index (χ1) is 11.5. The molecule has 2 heterocycles. The molecule has 6 heteroatoms. The Morgan fingerprint density at radius 2 is 2.08 bits per heavy atom. The number of carbonyl (C=O) groups excluding carboxylic acids is 1. The summed E-state index contributed by atoms with van der Waals surface area (Å²) in [7, 11) is 0. The van der Waals surface area contributed by atoms with Crippen LogP contribution in [0.5, 0.6) is 0 Å². The number of carboxylic acid groups (broad SMARTS) is 1. The van der Waals surface area contributed by atoms with E-state index in [2.05, 4.69) is 5.10 Å². The summed E-state index contributed by atoms with van der Waals surface area (Å²) >= 11 is 0. The number of carboxylic acids is 1. The Balaban J connectivity index is 1.71. The lowest BCUT2D eigenvalue weighted by Gasteiger charge is -2.29. The van der Waals surface area contributed by atoms with E-state index < -0.39 is 5.97 Å². The van der Waals surface area contributed by atoms with Gasteiger partial charge in [-0.15, -0.1) is 0 Å². The van der Waals surface area contributed by atoms with Gasteiger partial charge in [-0.2, -0.15) is 5.10 Å². The molecule has 1 aliphatic heterocycles. The van der Waals surface area contributed by atoms with Gasteiger partial charge in [-0.1, -0.05) is 12.1 Å². The van der Waals surface area contributed by atoms with Gasteiger partial charge in [-0.3, -0.25) is 9.48 Å². The number of amides is 1. The minimum atomic E-state index is -0.911. The standard InChI is InChI=1S/C18H21N3O3/c1-12(2)21-9-6-14(19-21)10-17(22)20-8-7-15-13(11-20)4-3-5-16(15)18(23)24/h3-6,9,12H,7-8,10-11H2,1-2H3,(H,23,24). The van der Waals surface area contributed by atoms with Gasteiger partial charge < -0.3 is 10.0 Å². The van der Waals surface area contributed by atoms with Gasteiger partial charge in [0, 0.05) is 25.3 Å². The maximum atomic E-state index is 12.5. The van der Waals surface area contributed by atoms with Gasteiger partial charge in [0.1, 0.15) is 0 Å². The Bertz CT molecular complexity index is 780. The molecule has 0 fully saturated rings. The molecule has 1 aromatic heterocycles. The average Bonchev–Trinajstić information content (AvgIpc) is 3.02. The lowest BCUT2D eigenvalue weighted by atomic mass is 9.94. The van der Waals surface area contributed by atoms with E-state index in [0.29, 0.717) is 25.1 Å². The van der Waals surface area contributed by atoms with Crippen molar-refractivity contribution in [2.75, 3.05) is 6.54 Å². The molecule has 2 aromatic rings. The molecule has 0 saturated heterocycles. The first kappa shape index (κ1) is 16.2. The zero-order valence-electron chi connectivity index (χ0n) is 13.9. The molecule has 0 atom stereocenters. The first-order valence-electron chi connectivity index (χ1n) is 8.11. The van der Waals surface area contributed by atoms with Crippen LogP contribution in [0.2, 0.25) is 0 Å². The van der Waals surface area contributed by atoms with E-state index in [-0.39, 0.29) is 18.4 Å². The number of hydrogen-bond acceptors (Lipinski definition) is 3. The summed E-state index contributed by atoms with van der Waals surface area (Å²) < 4.78 is 1.84. The summed E-state index contributed by atoms with van der Waals surface area (Å²) in [5.74, 6) is -0.888. The van der Waals surface area contributed by atoms with Crippen LogP contribution < -0.4 is 0 Å². The highest BCUT2D eigenvalue weighted by atomic mass is 16.4. The summed E-state index contributed by atoms with van der Waals surface area (Å²) in [6, 6.07) is 7.40. The monoisotopic (exact) mass is 327 g/mol. The van der Waals surface area contributed by atoms with Crippen molar-refractivity contribution in [2.45, 2.75) is 39.3 Å². The van der Waals surface area contributed by atoms with E-state index in [0.717, 1.165) is 16.8 Å². The second-order valence-electron chi connectivity index (χ2n) is 6.37. The molecule has 3 rings (SSSR count). The normalized spacial score (nSPS) is 13.9. The summed E-state index contributed by atoms with van der Waals surface area (Å²) in [5, 5.41) is 13.7. The second kappa shape index (κ2) is 6.47. The topological polar surface area (TPSA) is 75.4 Å². The number of fused-ring (bicyclic) bond motifs is 1. The van der Waals surface area contributed by atoms with Crippen LogP contribution in [0.15, 0.2) is 30.5 Å². The Labute approximate surface area is 140 Å². The molecular weight excluding hydrogens is 306 g/mol. The highest BCUT2D eigenvalue weighted by Crippen LogP contribution is 2.23. The Hall–Kier alpha value is -2.63. The van der Waals surface area contributed by atoms with Gasteiger partial charge in [-0.25, -0.2) is 4.79 Å². The highest BCUT2D eigenvalue weighted by Gasteiger charge is 2.24. The van der Waals surface area contributed by atoms with Gasteiger partial charge >= 0.3 is 5.97 Å². The summed E-state index contributed by atoms with van der Waals surface area (Å²) in [6.07, 6.45) is 2.73. The van der Waals surface area contributed by atoms with Gasteiger partial charge in [0.2, 0.25) is 5.91 Å². The van der Waals surface area contributed by atoms with Crippen LogP contribution >= 0.6 is 0 Å². The number of carbonyl (C=O) groups is 2. The van der Waals surface area contributed by atoms with E-state index >= 15 is 0 Å². The van der Waals surface area contributed by atoms with E-state index in [1.54, 1.807) is 17.0 Å². The Morgan fingerprint density at radius 1 is 1.29 bits per heavy atom. The third-order valence-electron chi connectivity index (χ3n) is 4.37. The van der Waals surface area contributed by atoms with E-state index in [9.17, 15) is 14.7 Å². The fourth-order valence-corrected chi connectivity index (χ4v) is 3.05. The quantitative estimate of drug-likeness (QED) is 0.935. The van der Waals surface area contributed by atoms with Crippen LogP contribution in [0.3, 0.4) is 0 Å². The molecule has 0 spiro atoms. The predicted octanol–water partition coefficient (Wildman–Crippen LogP) is 2.29. The van der Waals surface area contributed by atoms with Crippen LogP contribution in [0, 0.1) is 0 Å². The predicted molar refractivity (Wildman–Crippen MR) is 88.8 cm³/mol. The molecule has 1 N–H and O–H groups in total. The van der Waals surface area contributed by atoms with Crippen molar-refractivity contribution in [2.24, 2.45) is 0 Å². The number of aromatic carboxylic acids is 1. The van der Waals surface area contributed by atoms with Crippen molar-refractivity contribution in [3.63, 3.8) is 0 Å². The minimum Gasteiger partial charge on any atom is -0.478 e. The molecule has 0 bridgehead atoms. The molecule has 6 nitrogen and oxygen atoms in total. The van der Waals surface area contributed by atoms with Crippen LogP contribution in [-0.4, -0.2) is 38.2 Å². The number of aromatic nitrogens is 2. The van der Waals surface area contributed by atoms with Crippen LogP contribution in [0.4, 0.5) is 0 Å². The van der Waals surface area contributed by atoms with Crippen molar-refractivity contribution in [1.29, 1.82) is 0 Å². The lowest BCUT2D eigenvalue weighted by molar-refractivity contribution is -0.131. The van der Waals surface area contributed by atoms with Crippen molar-refractivity contribution < 1.29 is 14.7 Å². The lowest BCUT2D eigenvalue weighted by Crippen LogP contribution is -2.37. The molecule has 0 aliphatic carbocycles. The van der Waals surface area contributed by atoms with Gasteiger partial charge in [0.25, 0.3) is 0 Å². The number of benzene rings is 1. The zero-order valence-corrected chi connectivity index (χ0v) is 13.9. The van der Waals surface area contributed by atoms with Gasteiger partial charge in [0.15, 0.2) is 0 Å². The number of nitrogens with zero attached hydrogens (tertiary/aromatic N) is 3. The van der Waals surface area contributed by atoms with E-state index in [1.807, 2.05) is 36.9 Å². The van der Waals surface area contributed by atoms with Crippen molar-refractivity contribution in [1.82, 2.24) is 14.7 Å². The van der Waals surface area contributed by atoms with Crippen molar-refractivity contribution in [3.8, 4) is 0 Å². The zero-order chi connectivity index (χ0) is 17.3. The molecule has 1 aromatic carbocycles. The first-order valence-corrected chi connectivity index (χ1v) is 8.11. The molecule has 1 aliphatic rings. The third-order valence-corrected chi connectivity index (χ3v) is 4.37. The molecular formula is C18H21N3O3. The molecule has 0 radical (unpaired) electrons. The molecule has 1 amide bonds. The number of rotatable bonds is 4. The second-order valence-corrected chi connectivity index (χ2v) is 6.37. The SMILES string of the molecule is CC(C)n1ccc(CC(=O)N2CCc3c(cccc3C(=O)O)C2)n1. The molecule has 126 valence electrons. The fourth-order valence-electron chi connectivity index (χ4n) is 3.05. The smallest absolute Gasteiger partial charge is 0.335 e. The number of hydrogen-bond donors (Lipinski definition) is 1. The Kier molecular flexibility index (Phi) is 4.38. The van der Waals surface area contributed by atoms with Crippen LogP contribution in [0.25, 0.3) is 0 Å². The van der Waals surface area contributed by atoms with Crippen LogP contribution in [0.1, 0.15) is 47.1 Å². The molecule has 24 heavy (non-hydrogen) atoms. The van der Waals surface area contributed by atoms with Gasteiger partial charge in [0.05, 0.1) is 17.7 Å². The third kappa shape index (κ3) is 3.18. The largest absolute Gasteiger partial charge is 0.478 e. The Morgan fingerprint density at radius 3 is 2.75 bits per heavy atom. The average molecular weight is 327 g/mol. The summed E-state index contributed by atoms with van der Waals surface area (Å²) in [5.41, 5.74) is 2.87. The fraction of sp³-hybridized carbons (Fsp3) is 0.389. The minimum absolute atomic E-state index is 0.0235.